The smallest absolute Gasteiger partial charge is 0.416 e. The Labute approximate surface area is 95.5 Å². The Hall–Kier alpha value is -1.85. The average Bonchev–Trinajstić information content (AvgIpc) is 2.63. The third kappa shape index (κ3) is 2.83. The number of rotatable bonds is 1. The van der Waals surface area contributed by atoms with Crippen LogP contribution in [0.3, 0.4) is 0 Å². The van der Waals surface area contributed by atoms with E-state index in [1.165, 1.54) is 23.0 Å². The van der Waals surface area contributed by atoms with Crippen molar-refractivity contribution < 1.29 is 23.0 Å². The minimum absolute atomic E-state index is 0.256. The van der Waals surface area contributed by atoms with Crippen molar-refractivity contribution in [3.05, 3.63) is 35.4 Å². The van der Waals surface area contributed by atoms with E-state index in [2.05, 4.69) is 5.10 Å². The summed E-state index contributed by atoms with van der Waals surface area (Å²) < 4.78 is 38.7. The van der Waals surface area contributed by atoms with Gasteiger partial charge >= 0.3 is 6.18 Å². The molecule has 0 radical (unpaired) electrons. The Balaban J connectivity index is 2.29. The zero-order chi connectivity index (χ0) is 12.5. The molecule has 1 aliphatic heterocycles. The van der Waals surface area contributed by atoms with Gasteiger partial charge in [0.25, 0.3) is 0 Å². The number of alkyl halides is 3. The first-order chi connectivity index (χ1) is 7.95. The van der Waals surface area contributed by atoms with Crippen molar-refractivity contribution in [1.82, 2.24) is 0 Å². The molecule has 1 aliphatic rings. The molecule has 6 heteroatoms. The molecule has 0 N–H and O–H groups in total. The van der Waals surface area contributed by atoms with Crippen LogP contribution < -0.4 is 5.11 Å². The Morgan fingerprint density at radius 3 is 2.71 bits per heavy atom. The van der Waals surface area contributed by atoms with Crippen LogP contribution in [0.25, 0.3) is 0 Å². The van der Waals surface area contributed by atoms with E-state index >= 15 is 0 Å². The van der Waals surface area contributed by atoms with E-state index in [0.717, 1.165) is 12.1 Å². The first-order valence-corrected chi connectivity index (χ1v) is 4.98. The van der Waals surface area contributed by atoms with Crippen LogP contribution in [0.5, 0.6) is 0 Å². The Kier molecular flexibility index (Phi) is 2.87. The lowest BCUT2D eigenvalue weighted by atomic mass is 10.1. The van der Waals surface area contributed by atoms with E-state index in [-0.39, 0.29) is 5.90 Å². The summed E-state index contributed by atoms with van der Waals surface area (Å²) in [5.74, 6) is -0.256. The quantitative estimate of drug-likeness (QED) is 0.682. The van der Waals surface area contributed by atoms with Gasteiger partial charge in [0.05, 0.1) is 5.56 Å². The van der Waals surface area contributed by atoms with Gasteiger partial charge in [0.2, 0.25) is 6.21 Å². The van der Waals surface area contributed by atoms with Crippen molar-refractivity contribution in [2.45, 2.75) is 12.6 Å². The second-order valence-electron chi connectivity index (χ2n) is 3.66. The highest BCUT2D eigenvalue weighted by molar-refractivity contribution is 5.77. The molecule has 3 nitrogen and oxygen atoms in total. The molecule has 0 aliphatic carbocycles. The largest absolute Gasteiger partial charge is 0.857 e. The fourth-order valence-corrected chi connectivity index (χ4v) is 1.51. The highest BCUT2D eigenvalue weighted by atomic mass is 19.4. The fourth-order valence-electron chi connectivity index (χ4n) is 1.51. The van der Waals surface area contributed by atoms with Crippen molar-refractivity contribution in [1.29, 1.82) is 0 Å². The van der Waals surface area contributed by atoms with Crippen LogP contribution in [0.2, 0.25) is 0 Å². The van der Waals surface area contributed by atoms with E-state index in [9.17, 15) is 18.3 Å². The van der Waals surface area contributed by atoms with Gasteiger partial charge in [-0.05, 0) is 23.3 Å². The van der Waals surface area contributed by atoms with E-state index in [1.54, 1.807) is 0 Å². The van der Waals surface area contributed by atoms with E-state index < -0.39 is 11.7 Å². The van der Waals surface area contributed by atoms with Crippen molar-refractivity contribution in [2.24, 2.45) is 5.10 Å². The van der Waals surface area contributed by atoms with Crippen LogP contribution >= 0.6 is 0 Å². The summed E-state index contributed by atoms with van der Waals surface area (Å²) in [6, 6.07) is 4.89. The number of benzene rings is 1. The summed E-state index contributed by atoms with van der Waals surface area (Å²) >= 11 is 0. The van der Waals surface area contributed by atoms with Gasteiger partial charge in [-0.1, -0.05) is 10.8 Å². The molecule has 0 fully saturated rings. The topological polar surface area (TPSA) is 38.4 Å². The van der Waals surface area contributed by atoms with E-state index in [0.29, 0.717) is 18.5 Å². The molecular formula is C11H9F3N2O. The van der Waals surface area contributed by atoms with Gasteiger partial charge in [-0.25, -0.2) is 0 Å². The third-order valence-electron chi connectivity index (χ3n) is 2.31. The van der Waals surface area contributed by atoms with Gasteiger partial charge in [-0.15, -0.1) is 0 Å². The fraction of sp³-hybridized carbons (Fsp3) is 0.273. The van der Waals surface area contributed by atoms with Crippen molar-refractivity contribution in [3.63, 3.8) is 0 Å². The summed E-state index contributed by atoms with van der Waals surface area (Å²) in [4.78, 5) is 0. The van der Waals surface area contributed by atoms with Crippen LogP contribution in [0, 0.1) is 0 Å². The number of hydrogen-bond donors (Lipinski definition) is 0. The molecule has 0 amide bonds. The number of hydrazone groups is 1. The SMILES string of the molecule is [O-]C1=N/[N+](=C\c2cccc(C(F)(F)F)c2)CC1. The summed E-state index contributed by atoms with van der Waals surface area (Å²) in [7, 11) is 0. The zero-order valence-corrected chi connectivity index (χ0v) is 8.74. The molecule has 0 atom stereocenters. The maximum absolute atomic E-state index is 12.4. The standard InChI is InChI=1S/C11H9F3N2O/c12-11(13,14)9-3-1-2-8(6-9)7-16-5-4-10(17)15-16/h1-3,6-7H,4-5H2/b16-7-. The van der Waals surface area contributed by atoms with Gasteiger partial charge < -0.3 is 5.11 Å². The van der Waals surface area contributed by atoms with Crippen molar-refractivity contribution in [2.75, 3.05) is 6.54 Å². The third-order valence-corrected chi connectivity index (χ3v) is 2.31. The Morgan fingerprint density at radius 2 is 2.12 bits per heavy atom. The maximum atomic E-state index is 12.4. The molecule has 0 saturated heterocycles. The minimum Gasteiger partial charge on any atom is -0.857 e. The summed E-state index contributed by atoms with van der Waals surface area (Å²) in [6.07, 6.45) is -2.63. The van der Waals surface area contributed by atoms with Gasteiger partial charge in [-0.3, -0.25) is 0 Å². The molecule has 1 aromatic carbocycles. The summed E-state index contributed by atoms with van der Waals surface area (Å²) in [5.41, 5.74) is -0.338. The summed E-state index contributed by atoms with van der Waals surface area (Å²) in [6.45, 7) is 0.412. The molecule has 0 aromatic heterocycles. The lowest BCUT2D eigenvalue weighted by Crippen LogP contribution is -2.13. The summed E-state index contributed by atoms with van der Waals surface area (Å²) in [5, 5.41) is 14.5. The Morgan fingerprint density at radius 1 is 1.35 bits per heavy atom. The highest BCUT2D eigenvalue weighted by Crippen LogP contribution is 2.29. The normalized spacial score (nSPS) is 18.5. The molecular weight excluding hydrogens is 233 g/mol. The number of nitrogens with zero attached hydrogens (tertiary/aromatic N) is 2. The molecule has 0 unspecified atom stereocenters. The molecule has 1 aromatic rings. The number of halogens is 3. The number of hydrogen-bond acceptors (Lipinski definition) is 2. The zero-order valence-electron chi connectivity index (χ0n) is 8.74. The van der Waals surface area contributed by atoms with Crippen LogP contribution in [0.4, 0.5) is 13.2 Å². The maximum Gasteiger partial charge on any atom is 0.416 e. The molecule has 2 rings (SSSR count). The van der Waals surface area contributed by atoms with E-state index in [4.69, 9.17) is 0 Å². The van der Waals surface area contributed by atoms with Crippen LogP contribution in [0.1, 0.15) is 17.5 Å². The lowest BCUT2D eigenvalue weighted by Gasteiger charge is -2.05. The van der Waals surface area contributed by atoms with Gasteiger partial charge in [-0.2, -0.15) is 13.2 Å². The van der Waals surface area contributed by atoms with Crippen LogP contribution in [0.15, 0.2) is 29.4 Å². The van der Waals surface area contributed by atoms with Crippen LogP contribution in [-0.2, 0) is 6.18 Å². The molecule has 1 heterocycles. The Bertz CT molecular complexity index is 492. The molecule has 0 saturated carbocycles. The second kappa shape index (κ2) is 4.20. The molecule has 0 bridgehead atoms. The predicted octanol–water partition coefficient (Wildman–Crippen LogP) is 1.21. The van der Waals surface area contributed by atoms with Gasteiger partial charge in [0.15, 0.2) is 6.54 Å². The first kappa shape index (κ1) is 11.6. The van der Waals surface area contributed by atoms with Gasteiger partial charge in [0, 0.05) is 17.9 Å². The first-order valence-electron chi connectivity index (χ1n) is 4.98. The molecule has 17 heavy (non-hydrogen) atoms. The molecule has 90 valence electrons. The molecule has 0 spiro atoms. The minimum atomic E-state index is -4.36. The average molecular weight is 242 g/mol. The van der Waals surface area contributed by atoms with E-state index in [1.807, 2.05) is 0 Å². The van der Waals surface area contributed by atoms with Crippen molar-refractivity contribution in [3.8, 4) is 0 Å². The highest BCUT2D eigenvalue weighted by Gasteiger charge is 2.30. The monoisotopic (exact) mass is 242 g/mol. The van der Waals surface area contributed by atoms with Crippen LogP contribution in [-0.4, -0.2) is 23.3 Å². The van der Waals surface area contributed by atoms with Gasteiger partial charge in [0.1, 0.15) is 0 Å². The predicted molar refractivity (Wildman–Crippen MR) is 53.8 cm³/mol. The van der Waals surface area contributed by atoms with Crippen molar-refractivity contribution >= 4 is 12.1 Å². The second-order valence-corrected chi connectivity index (χ2v) is 3.66. The lowest BCUT2D eigenvalue weighted by molar-refractivity contribution is -0.519.